The minimum absolute atomic E-state index is 0.0485. The van der Waals surface area contributed by atoms with E-state index in [4.69, 9.17) is 0 Å². The zero-order chi connectivity index (χ0) is 16.1. The molecule has 22 heavy (non-hydrogen) atoms. The number of carbonyl (C=O) groups is 2. The Balaban J connectivity index is 2.09. The van der Waals surface area contributed by atoms with Crippen molar-refractivity contribution in [2.24, 2.45) is 16.9 Å². The molecule has 0 radical (unpaired) electrons. The van der Waals surface area contributed by atoms with Crippen LogP contribution in [0.15, 0.2) is 5.10 Å². The fourth-order valence-electron chi connectivity index (χ4n) is 2.88. The highest BCUT2D eigenvalue weighted by atomic mass is 16.2. The van der Waals surface area contributed by atoms with E-state index in [1.165, 1.54) is 29.3 Å². The first-order chi connectivity index (χ1) is 10.5. The van der Waals surface area contributed by atoms with Crippen molar-refractivity contribution in [2.75, 3.05) is 19.6 Å². The Hall–Kier alpha value is -1.67. The Morgan fingerprint density at radius 1 is 1.45 bits per heavy atom. The van der Waals surface area contributed by atoms with E-state index < -0.39 is 0 Å². The summed E-state index contributed by atoms with van der Waals surface area (Å²) in [5.41, 5.74) is 5.09. The number of hydrogen-bond acceptors (Lipinski definition) is 6. The molecule has 0 saturated carbocycles. The van der Waals surface area contributed by atoms with Crippen LogP contribution in [0.1, 0.15) is 33.6 Å². The number of carbonyl (C=O) groups excluding carboxylic acids is 2. The van der Waals surface area contributed by atoms with Crippen molar-refractivity contribution >= 4 is 18.5 Å². The summed E-state index contributed by atoms with van der Waals surface area (Å²) in [5.74, 6) is 0.775. The van der Waals surface area contributed by atoms with Crippen molar-refractivity contribution in [3.63, 3.8) is 0 Å². The lowest BCUT2D eigenvalue weighted by Crippen LogP contribution is -2.67. The summed E-state index contributed by atoms with van der Waals surface area (Å²) in [6.45, 7) is 9.32. The summed E-state index contributed by atoms with van der Waals surface area (Å²) in [6.07, 6.45) is 4.13. The summed E-state index contributed by atoms with van der Waals surface area (Å²) >= 11 is 0. The van der Waals surface area contributed by atoms with Crippen LogP contribution in [0, 0.1) is 11.8 Å². The molecule has 0 aliphatic carbocycles. The standard InChI is InChI=1S/C14H26N6O2/c1-11(2)13(9-18-6-4-12(3)5-7-18)19-14(22)8-15-17-20(19)16-10-21/h8,10-13,17H,4-7,9H2,1-3H3,(H,16,21)/t13-/m1/s1. The molecule has 1 fully saturated rings. The van der Waals surface area contributed by atoms with E-state index in [0.29, 0.717) is 6.41 Å². The highest BCUT2D eigenvalue weighted by molar-refractivity contribution is 6.26. The Morgan fingerprint density at radius 2 is 2.14 bits per heavy atom. The SMILES string of the molecule is CC1CCN(C[C@H](C(C)C)N2C(=O)C=NNN2NC=O)CC1. The normalized spacial score (nSPS) is 22.7. The van der Waals surface area contributed by atoms with Crippen molar-refractivity contribution in [1.82, 2.24) is 26.1 Å². The number of amides is 2. The molecule has 2 aliphatic rings. The van der Waals surface area contributed by atoms with E-state index in [1.807, 2.05) is 0 Å². The molecule has 0 unspecified atom stereocenters. The Kier molecular flexibility index (Phi) is 5.73. The third kappa shape index (κ3) is 3.95. The van der Waals surface area contributed by atoms with Crippen LogP contribution < -0.4 is 11.0 Å². The van der Waals surface area contributed by atoms with Crippen LogP contribution in [0.5, 0.6) is 0 Å². The number of likely N-dealkylation sites (tertiary alicyclic amines) is 1. The number of nitrogens with one attached hydrogen (secondary N) is 2. The van der Waals surface area contributed by atoms with E-state index in [2.05, 4.69) is 41.7 Å². The molecule has 8 nitrogen and oxygen atoms in total. The summed E-state index contributed by atoms with van der Waals surface area (Å²) in [4.78, 5) is 25.4. The third-order valence-electron chi connectivity index (χ3n) is 4.35. The van der Waals surface area contributed by atoms with Gasteiger partial charge in [-0.2, -0.15) is 5.10 Å². The molecule has 124 valence electrons. The molecule has 0 spiro atoms. The fraction of sp³-hybridized carbons (Fsp3) is 0.786. The molecule has 2 amide bonds. The third-order valence-corrected chi connectivity index (χ3v) is 4.35. The smallest absolute Gasteiger partial charge is 0.284 e. The number of hydrogen-bond donors (Lipinski definition) is 2. The van der Waals surface area contributed by atoms with Gasteiger partial charge in [-0.25, -0.2) is 10.5 Å². The predicted molar refractivity (Wildman–Crippen MR) is 83.0 cm³/mol. The molecular formula is C14H26N6O2. The second kappa shape index (κ2) is 7.55. The van der Waals surface area contributed by atoms with Crippen LogP contribution >= 0.6 is 0 Å². The first-order valence-electron chi connectivity index (χ1n) is 7.87. The molecule has 2 rings (SSSR count). The maximum absolute atomic E-state index is 12.2. The van der Waals surface area contributed by atoms with Gasteiger partial charge in [0.1, 0.15) is 6.21 Å². The van der Waals surface area contributed by atoms with Crippen LogP contribution in [-0.4, -0.2) is 59.3 Å². The van der Waals surface area contributed by atoms with Gasteiger partial charge in [0, 0.05) is 6.54 Å². The Labute approximate surface area is 131 Å². The zero-order valence-corrected chi connectivity index (χ0v) is 13.5. The van der Waals surface area contributed by atoms with E-state index in [1.54, 1.807) is 0 Å². The maximum atomic E-state index is 12.2. The van der Waals surface area contributed by atoms with Gasteiger partial charge < -0.3 is 4.90 Å². The van der Waals surface area contributed by atoms with Gasteiger partial charge in [0.05, 0.1) is 6.04 Å². The number of piperidine rings is 1. The molecule has 2 heterocycles. The van der Waals surface area contributed by atoms with Crippen molar-refractivity contribution < 1.29 is 9.59 Å². The maximum Gasteiger partial charge on any atom is 0.284 e. The van der Waals surface area contributed by atoms with Crippen molar-refractivity contribution in [3.05, 3.63) is 0 Å². The quantitative estimate of drug-likeness (QED) is 0.673. The van der Waals surface area contributed by atoms with Gasteiger partial charge in [-0.15, -0.1) is 0 Å². The highest BCUT2D eigenvalue weighted by Gasteiger charge is 2.34. The van der Waals surface area contributed by atoms with Crippen LogP contribution in [0.25, 0.3) is 0 Å². The average Bonchev–Trinajstić information content (AvgIpc) is 2.48. The average molecular weight is 310 g/mol. The number of hydrazine groups is 3. The van der Waals surface area contributed by atoms with E-state index in [-0.39, 0.29) is 17.9 Å². The molecule has 1 saturated heterocycles. The minimum atomic E-state index is -0.239. The van der Waals surface area contributed by atoms with Crippen LogP contribution in [-0.2, 0) is 9.59 Å². The molecule has 8 heteroatoms. The fourth-order valence-corrected chi connectivity index (χ4v) is 2.88. The number of rotatable bonds is 6. The summed E-state index contributed by atoms with van der Waals surface area (Å²) in [6, 6.07) is -0.0485. The lowest BCUT2D eigenvalue weighted by molar-refractivity contribution is -0.178. The minimum Gasteiger partial charge on any atom is -0.301 e. The van der Waals surface area contributed by atoms with Crippen LogP contribution in [0.4, 0.5) is 0 Å². The largest absolute Gasteiger partial charge is 0.301 e. The second-order valence-electron chi connectivity index (χ2n) is 6.39. The van der Waals surface area contributed by atoms with Gasteiger partial charge in [0.2, 0.25) is 6.41 Å². The van der Waals surface area contributed by atoms with Crippen LogP contribution in [0.3, 0.4) is 0 Å². The van der Waals surface area contributed by atoms with Gasteiger partial charge in [-0.3, -0.25) is 15.0 Å². The molecule has 2 aliphatic heterocycles. The topological polar surface area (TPSA) is 80.3 Å². The number of hydrazone groups is 1. The summed E-state index contributed by atoms with van der Waals surface area (Å²) in [5, 5.41) is 6.52. The van der Waals surface area contributed by atoms with E-state index in [9.17, 15) is 9.59 Å². The lowest BCUT2D eigenvalue weighted by Gasteiger charge is -2.43. The Bertz CT molecular complexity index is 420. The van der Waals surface area contributed by atoms with Crippen molar-refractivity contribution in [1.29, 1.82) is 0 Å². The predicted octanol–water partition coefficient (Wildman–Crippen LogP) is -0.0465. The summed E-state index contributed by atoms with van der Waals surface area (Å²) < 4.78 is 0. The van der Waals surface area contributed by atoms with E-state index >= 15 is 0 Å². The zero-order valence-electron chi connectivity index (χ0n) is 13.5. The van der Waals surface area contributed by atoms with Crippen LogP contribution in [0.2, 0.25) is 0 Å². The Morgan fingerprint density at radius 3 is 2.73 bits per heavy atom. The monoisotopic (exact) mass is 310 g/mol. The molecular weight excluding hydrogens is 284 g/mol. The molecule has 0 bridgehead atoms. The molecule has 2 N–H and O–H groups in total. The number of nitrogens with zero attached hydrogens (tertiary/aromatic N) is 4. The first-order valence-corrected chi connectivity index (χ1v) is 7.87. The molecule has 0 aromatic heterocycles. The second-order valence-corrected chi connectivity index (χ2v) is 6.39. The van der Waals surface area contributed by atoms with Gasteiger partial charge in [0.25, 0.3) is 5.91 Å². The van der Waals surface area contributed by atoms with E-state index in [0.717, 1.165) is 25.6 Å². The van der Waals surface area contributed by atoms with Gasteiger partial charge in [-0.05, 0) is 43.0 Å². The summed E-state index contributed by atoms with van der Waals surface area (Å²) in [7, 11) is 0. The highest BCUT2D eigenvalue weighted by Crippen LogP contribution is 2.20. The van der Waals surface area contributed by atoms with Crippen molar-refractivity contribution in [2.45, 2.75) is 39.7 Å². The van der Waals surface area contributed by atoms with Crippen molar-refractivity contribution in [3.8, 4) is 0 Å². The molecule has 0 aromatic rings. The lowest BCUT2D eigenvalue weighted by atomic mass is 9.97. The van der Waals surface area contributed by atoms with Gasteiger partial charge >= 0.3 is 0 Å². The first kappa shape index (κ1) is 16.7. The molecule has 1 atom stereocenters. The van der Waals surface area contributed by atoms with Gasteiger partial charge in [0.15, 0.2) is 0 Å². The van der Waals surface area contributed by atoms with Gasteiger partial charge in [-0.1, -0.05) is 20.8 Å². The molecule has 0 aromatic carbocycles.